The Labute approximate surface area is 184 Å². The molecule has 164 valence electrons. The third kappa shape index (κ3) is 4.37. The highest BCUT2D eigenvalue weighted by atomic mass is 32.2. The third-order valence-corrected chi connectivity index (χ3v) is 5.62. The van der Waals surface area contributed by atoms with Crippen molar-refractivity contribution in [3.63, 3.8) is 0 Å². The van der Waals surface area contributed by atoms with Gasteiger partial charge >= 0.3 is 12.1 Å². The molecule has 0 spiro atoms. The molecule has 0 fully saturated rings. The van der Waals surface area contributed by atoms with Crippen LogP contribution in [0.3, 0.4) is 0 Å². The van der Waals surface area contributed by atoms with Crippen molar-refractivity contribution < 1.29 is 23.1 Å². The van der Waals surface area contributed by atoms with E-state index in [1.54, 1.807) is 17.0 Å². The monoisotopic (exact) mass is 453 g/mol. The number of anilines is 3. The fourth-order valence-electron chi connectivity index (χ4n) is 3.38. The quantitative estimate of drug-likeness (QED) is 0.567. The summed E-state index contributed by atoms with van der Waals surface area (Å²) >= 11 is 0. The van der Waals surface area contributed by atoms with Crippen LogP contribution < -0.4 is 10.2 Å². The van der Waals surface area contributed by atoms with Crippen LogP contribution in [0.4, 0.5) is 26.8 Å². The minimum atomic E-state index is -3.71. The standard InChI is InChI=1S/C21H19N5O5S/c1-32(30,31)19-22-11-15-13-25(12-14-6-3-2-4-7-14)21(29)26(18(15)24-19)17-9-5-8-16(10-17)23-20(27)28/h2-11,23H,12-13H2,1H3,(H,27,28). The number of nitrogens with one attached hydrogen (secondary N) is 1. The molecular weight excluding hydrogens is 434 g/mol. The number of carbonyl (C=O) groups excluding carboxylic acids is 1. The molecule has 0 saturated carbocycles. The summed E-state index contributed by atoms with van der Waals surface area (Å²) < 4.78 is 24.0. The first kappa shape index (κ1) is 21.2. The fourth-order valence-corrected chi connectivity index (χ4v) is 3.87. The van der Waals surface area contributed by atoms with E-state index in [9.17, 15) is 18.0 Å². The lowest BCUT2D eigenvalue weighted by atomic mass is 10.1. The minimum Gasteiger partial charge on any atom is -0.465 e. The summed E-state index contributed by atoms with van der Waals surface area (Å²) in [4.78, 5) is 35.5. The number of sulfone groups is 1. The van der Waals surface area contributed by atoms with Crippen molar-refractivity contribution in [2.75, 3.05) is 16.5 Å². The van der Waals surface area contributed by atoms with Crippen LogP contribution in [-0.4, -0.2) is 46.8 Å². The first-order valence-electron chi connectivity index (χ1n) is 9.51. The molecule has 32 heavy (non-hydrogen) atoms. The largest absolute Gasteiger partial charge is 0.465 e. The van der Waals surface area contributed by atoms with Crippen molar-refractivity contribution in [1.29, 1.82) is 0 Å². The molecule has 2 N–H and O–H groups in total. The molecule has 4 rings (SSSR count). The molecule has 0 radical (unpaired) electrons. The Kier molecular flexibility index (Phi) is 5.49. The predicted molar refractivity (Wildman–Crippen MR) is 116 cm³/mol. The van der Waals surface area contributed by atoms with Crippen LogP contribution in [0.25, 0.3) is 0 Å². The van der Waals surface area contributed by atoms with E-state index in [1.165, 1.54) is 23.2 Å². The number of hydrogen-bond donors (Lipinski definition) is 2. The molecule has 0 unspecified atom stereocenters. The van der Waals surface area contributed by atoms with Crippen LogP contribution >= 0.6 is 0 Å². The zero-order valence-electron chi connectivity index (χ0n) is 17.0. The number of carbonyl (C=O) groups is 2. The lowest BCUT2D eigenvalue weighted by Gasteiger charge is -2.36. The molecule has 0 atom stereocenters. The highest BCUT2D eigenvalue weighted by molar-refractivity contribution is 7.90. The Morgan fingerprint density at radius 2 is 1.91 bits per heavy atom. The molecule has 2 heterocycles. The van der Waals surface area contributed by atoms with E-state index in [1.807, 2.05) is 30.3 Å². The molecule has 3 aromatic rings. The normalized spacial score (nSPS) is 13.6. The Morgan fingerprint density at radius 3 is 2.59 bits per heavy atom. The van der Waals surface area contributed by atoms with Gasteiger partial charge in [0, 0.05) is 30.2 Å². The lowest BCUT2D eigenvalue weighted by Crippen LogP contribution is -2.45. The molecule has 0 bridgehead atoms. The van der Waals surface area contributed by atoms with Crippen molar-refractivity contribution in [1.82, 2.24) is 14.9 Å². The van der Waals surface area contributed by atoms with Crippen LogP contribution in [0.5, 0.6) is 0 Å². The van der Waals surface area contributed by atoms with Crippen LogP contribution in [0.1, 0.15) is 11.1 Å². The van der Waals surface area contributed by atoms with E-state index in [-0.39, 0.29) is 18.1 Å². The number of hydrogen-bond acceptors (Lipinski definition) is 6. The van der Waals surface area contributed by atoms with E-state index in [0.717, 1.165) is 11.8 Å². The maximum atomic E-state index is 13.5. The molecule has 1 aliphatic rings. The molecule has 10 nitrogen and oxygen atoms in total. The first-order valence-corrected chi connectivity index (χ1v) is 11.4. The van der Waals surface area contributed by atoms with Crippen molar-refractivity contribution in [3.8, 4) is 0 Å². The highest BCUT2D eigenvalue weighted by Crippen LogP contribution is 2.35. The van der Waals surface area contributed by atoms with Gasteiger partial charge in [-0.05, 0) is 23.8 Å². The van der Waals surface area contributed by atoms with Crippen LogP contribution in [0.2, 0.25) is 0 Å². The zero-order chi connectivity index (χ0) is 22.9. The fraction of sp³-hybridized carbons (Fsp3) is 0.143. The predicted octanol–water partition coefficient (Wildman–Crippen LogP) is 3.24. The van der Waals surface area contributed by atoms with Gasteiger partial charge in [-0.3, -0.25) is 5.32 Å². The Bertz CT molecular complexity index is 1300. The summed E-state index contributed by atoms with van der Waals surface area (Å²) in [5.74, 6) is 0.141. The van der Waals surface area contributed by atoms with Gasteiger partial charge in [-0.1, -0.05) is 36.4 Å². The molecule has 11 heteroatoms. The van der Waals surface area contributed by atoms with Gasteiger partial charge in [-0.15, -0.1) is 0 Å². The lowest BCUT2D eigenvalue weighted by molar-refractivity contribution is 0.198. The number of fused-ring (bicyclic) bond motifs is 1. The molecular formula is C21H19N5O5S. The van der Waals surface area contributed by atoms with E-state index in [2.05, 4.69) is 15.3 Å². The molecule has 2 aromatic carbocycles. The number of urea groups is 1. The Hall–Kier alpha value is -3.99. The van der Waals surface area contributed by atoms with Crippen LogP contribution in [0.15, 0.2) is 66.0 Å². The molecule has 1 aromatic heterocycles. The summed E-state index contributed by atoms with van der Waals surface area (Å²) in [6, 6.07) is 15.2. The maximum absolute atomic E-state index is 13.5. The average molecular weight is 453 g/mol. The van der Waals surface area contributed by atoms with Crippen LogP contribution in [-0.2, 0) is 22.9 Å². The molecule has 0 aliphatic carbocycles. The summed E-state index contributed by atoms with van der Waals surface area (Å²) in [6.45, 7) is 0.507. The highest BCUT2D eigenvalue weighted by Gasteiger charge is 2.34. The minimum absolute atomic E-state index is 0.141. The molecule has 3 amide bonds. The van der Waals surface area contributed by atoms with Crippen molar-refractivity contribution in [2.24, 2.45) is 0 Å². The smallest absolute Gasteiger partial charge is 0.409 e. The van der Waals surface area contributed by atoms with Gasteiger partial charge in [-0.25, -0.2) is 27.9 Å². The second-order valence-electron chi connectivity index (χ2n) is 7.21. The number of benzene rings is 2. The maximum Gasteiger partial charge on any atom is 0.409 e. The number of amides is 3. The second kappa shape index (κ2) is 8.27. The van der Waals surface area contributed by atoms with E-state index < -0.39 is 27.1 Å². The second-order valence-corrected chi connectivity index (χ2v) is 9.12. The number of nitrogens with zero attached hydrogens (tertiary/aromatic N) is 4. The van der Waals surface area contributed by atoms with Gasteiger partial charge < -0.3 is 10.0 Å². The van der Waals surface area contributed by atoms with Crippen LogP contribution in [0, 0.1) is 0 Å². The number of rotatable bonds is 5. The average Bonchev–Trinajstić information content (AvgIpc) is 2.74. The van der Waals surface area contributed by atoms with Gasteiger partial charge in [0.25, 0.3) is 0 Å². The van der Waals surface area contributed by atoms with E-state index >= 15 is 0 Å². The van der Waals surface area contributed by atoms with E-state index in [0.29, 0.717) is 17.8 Å². The summed E-state index contributed by atoms with van der Waals surface area (Å²) in [6.07, 6.45) is 1.14. The van der Waals surface area contributed by atoms with Gasteiger partial charge in [0.1, 0.15) is 0 Å². The zero-order valence-corrected chi connectivity index (χ0v) is 17.8. The van der Waals surface area contributed by atoms with Gasteiger partial charge in [0.05, 0.1) is 12.2 Å². The van der Waals surface area contributed by atoms with Gasteiger partial charge in [0.15, 0.2) is 5.82 Å². The summed E-state index contributed by atoms with van der Waals surface area (Å²) in [5.41, 5.74) is 2.06. The molecule has 1 aliphatic heterocycles. The summed E-state index contributed by atoms with van der Waals surface area (Å²) in [7, 11) is -3.71. The Balaban J connectivity index is 1.81. The Morgan fingerprint density at radius 1 is 1.16 bits per heavy atom. The van der Waals surface area contributed by atoms with Gasteiger partial charge in [0.2, 0.25) is 15.0 Å². The summed E-state index contributed by atoms with van der Waals surface area (Å²) in [5, 5.41) is 10.9. The third-order valence-electron chi connectivity index (χ3n) is 4.76. The molecule has 0 saturated heterocycles. The number of carboxylic acid groups (broad SMARTS) is 1. The van der Waals surface area contributed by atoms with Crippen molar-refractivity contribution in [2.45, 2.75) is 18.2 Å². The SMILES string of the molecule is CS(=O)(=O)c1ncc2c(n1)N(c1cccc(NC(=O)O)c1)C(=O)N(Cc1ccccc1)C2. The van der Waals surface area contributed by atoms with E-state index in [4.69, 9.17) is 5.11 Å². The topological polar surface area (TPSA) is 133 Å². The van der Waals surface area contributed by atoms with Crippen molar-refractivity contribution >= 4 is 39.2 Å². The van der Waals surface area contributed by atoms with Gasteiger partial charge in [-0.2, -0.15) is 4.98 Å². The number of aromatic nitrogens is 2. The van der Waals surface area contributed by atoms with Crippen molar-refractivity contribution in [3.05, 3.63) is 71.9 Å². The first-order chi connectivity index (χ1) is 15.2.